The Hall–Kier alpha value is -2.46. The summed E-state index contributed by atoms with van der Waals surface area (Å²) < 4.78 is 68.2. The number of rotatable bonds is 69. The molecule has 0 heterocycles. The van der Waals surface area contributed by atoms with Crippen LogP contribution >= 0.6 is 15.6 Å². The molecular formula is C73H138O17P2. The van der Waals surface area contributed by atoms with E-state index < -0.39 is 97.5 Å². The van der Waals surface area contributed by atoms with E-state index >= 15 is 0 Å². The molecular weight excluding hydrogens is 1210 g/mol. The fourth-order valence-electron chi connectivity index (χ4n) is 10.5. The maximum atomic E-state index is 13.0. The quantitative estimate of drug-likeness (QED) is 0.0169. The molecule has 5 atom stereocenters. The lowest BCUT2D eigenvalue weighted by atomic mass is 10.0. The number of allylic oxidation sites excluding steroid dienone is 4. The summed E-state index contributed by atoms with van der Waals surface area (Å²) in [7, 11) is -9.92. The Balaban J connectivity index is 5.21. The summed E-state index contributed by atoms with van der Waals surface area (Å²) in [5.41, 5.74) is 0. The molecule has 0 fully saturated rings. The highest BCUT2D eigenvalue weighted by molar-refractivity contribution is 7.47. The molecule has 3 N–H and O–H groups in total. The van der Waals surface area contributed by atoms with Gasteiger partial charge in [0.15, 0.2) is 12.2 Å². The zero-order valence-electron chi connectivity index (χ0n) is 59.5. The van der Waals surface area contributed by atoms with E-state index in [1.54, 1.807) is 0 Å². The van der Waals surface area contributed by atoms with Gasteiger partial charge < -0.3 is 33.8 Å². The minimum atomic E-state index is -4.96. The van der Waals surface area contributed by atoms with E-state index in [9.17, 15) is 43.2 Å². The van der Waals surface area contributed by atoms with Crippen molar-refractivity contribution in [3.8, 4) is 0 Å². The molecule has 0 spiro atoms. The van der Waals surface area contributed by atoms with Crippen molar-refractivity contribution in [3.63, 3.8) is 0 Å². The van der Waals surface area contributed by atoms with Gasteiger partial charge in [-0.3, -0.25) is 37.3 Å². The molecule has 0 saturated heterocycles. The maximum Gasteiger partial charge on any atom is 0.472 e. The van der Waals surface area contributed by atoms with Crippen LogP contribution in [0.4, 0.5) is 0 Å². The van der Waals surface area contributed by atoms with Crippen LogP contribution in [-0.2, 0) is 65.4 Å². The van der Waals surface area contributed by atoms with E-state index in [4.69, 9.17) is 37.0 Å². The number of carbonyl (C=O) groups is 4. The Morgan fingerprint density at radius 3 is 0.880 bits per heavy atom. The first-order valence-corrected chi connectivity index (χ1v) is 40.2. The monoisotopic (exact) mass is 1350 g/mol. The molecule has 19 heteroatoms. The summed E-state index contributed by atoms with van der Waals surface area (Å²) in [5.74, 6) is 0.00365. The molecule has 0 aliphatic rings. The number of carbonyl (C=O) groups excluding carboxylic acids is 4. The highest BCUT2D eigenvalue weighted by Gasteiger charge is 2.30. The van der Waals surface area contributed by atoms with Gasteiger partial charge >= 0.3 is 39.5 Å². The van der Waals surface area contributed by atoms with Crippen LogP contribution in [0.5, 0.6) is 0 Å². The minimum Gasteiger partial charge on any atom is -0.462 e. The third-order valence-corrected chi connectivity index (χ3v) is 18.2. The number of hydrogen-bond acceptors (Lipinski definition) is 15. The van der Waals surface area contributed by atoms with E-state index in [2.05, 4.69) is 72.8 Å². The predicted molar refractivity (Wildman–Crippen MR) is 372 cm³/mol. The van der Waals surface area contributed by atoms with Gasteiger partial charge in [0.1, 0.15) is 19.3 Å². The smallest absolute Gasteiger partial charge is 0.462 e. The topological polar surface area (TPSA) is 237 Å². The number of esters is 4. The van der Waals surface area contributed by atoms with E-state index in [0.29, 0.717) is 37.5 Å². The second-order valence-corrected chi connectivity index (χ2v) is 30.0. The van der Waals surface area contributed by atoms with Crippen molar-refractivity contribution in [3.05, 3.63) is 24.3 Å². The second kappa shape index (κ2) is 63.3. The van der Waals surface area contributed by atoms with Crippen molar-refractivity contribution in [1.29, 1.82) is 0 Å². The standard InChI is InChI=1S/C73H138O17P2/c1-8-9-10-11-12-13-14-15-18-22-25-28-31-42-49-56-72(77)89-68(60-83-70(75)54-47-40-35-33-38-45-52-65(4)5)62-87-91(79,80)85-58-67(74)59-86-92(81,82)88-63-69(61-84-71(76)55-48-41-36-34-39-46-53-66(6)7)90-73(78)57-50-43-32-29-26-23-20-17-16-19-21-24-27-30-37-44-51-64(2)3/h13-15,18,64-69,74H,8-12,16-17,19-63H2,1-7H3,(H,79,80)(H,81,82)/b14-13-,18-15-/t67-,68+,69+/m0/s1. The van der Waals surface area contributed by atoms with Gasteiger partial charge in [-0.15, -0.1) is 0 Å². The largest absolute Gasteiger partial charge is 0.472 e. The number of phosphoric ester groups is 2. The van der Waals surface area contributed by atoms with Crippen LogP contribution in [0.2, 0.25) is 0 Å². The number of phosphoric acid groups is 2. The molecule has 0 aromatic rings. The average molecular weight is 1350 g/mol. The third kappa shape index (κ3) is 66.2. The zero-order valence-corrected chi connectivity index (χ0v) is 61.3. The second-order valence-electron chi connectivity index (χ2n) is 27.1. The van der Waals surface area contributed by atoms with Crippen molar-refractivity contribution in [2.75, 3.05) is 39.6 Å². The SMILES string of the molecule is CCCCCC/C=C\C=C/CCCCCCCC(=O)O[C@H](COC(=O)CCCCCCCCC(C)C)COP(=O)(O)OC[C@H](O)COP(=O)(O)OC[C@@H](COC(=O)CCCCCCCCC(C)C)OC(=O)CCCCCCCCCCCCCCCCCCC(C)C. The molecule has 0 rings (SSSR count). The summed E-state index contributed by atoms with van der Waals surface area (Å²) in [6.07, 6.45) is 51.2. The van der Waals surface area contributed by atoms with Crippen LogP contribution in [0.3, 0.4) is 0 Å². The number of ether oxygens (including phenoxy) is 4. The van der Waals surface area contributed by atoms with Gasteiger partial charge in [-0.1, -0.05) is 291 Å². The molecule has 542 valence electrons. The molecule has 17 nitrogen and oxygen atoms in total. The Kier molecular flexibility index (Phi) is 61.6. The van der Waals surface area contributed by atoms with Crippen molar-refractivity contribution in [2.24, 2.45) is 17.8 Å². The first-order chi connectivity index (χ1) is 44.2. The van der Waals surface area contributed by atoms with Crippen LogP contribution in [0.25, 0.3) is 0 Å². The number of unbranched alkanes of at least 4 members (excludes halogenated alkanes) is 34. The minimum absolute atomic E-state index is 0.0835. The van der Waals surface area contributed by atoms with Crippen LogP contribution in [0.1, 0.15) is 344 Å². The summed E-state index contributed by atoms with van der Waals surface area (Å²) in [6.45, 7) is 11.7. The Bertz CT molecular complexity index is 1890. The normalized spacial score (nSPS) is 14.3. The highest BCUT2D eigenvalue weighted by Crippen LogP contribution is 2.45. The van der Waals surface area contributed by atoms with Crippen LogP contribution in [-0.4, -0.2) is 96.7 Å². The fourth-order valence-corrected chi connectivity index (χ4v) is 12.1. The molecule has 0 amide bonds. The first kappa shape index (κ1) is 89.5. The zero-order chi connectivity index (χ0) is 68.0. The lowest BCUT2D eigenvalue weighted by Gasteiger charge is -2.21. The summed E-state index contributed by atoms with van der Waals surface area (Å²) >= 11 is 0. The lowest BCUT2D eigenvalue weighted by Crippen LogP contribution is -2.30. The van der Waals surface area contributed by atoms with Crippen LogP contribution in [0, 0.1) is 17.8 Å². The van der Waals surface area contributed by atoms with Crippen LogP contribution in [0.15, 0.2) is 24.3 Å². The van der Waals surface area contributed by atoms with Gasteiger partial charge in [0.25, 0.3) is 0 Å². The fraction of sp³-hybridized carbons (Fsp3) is 0.890. The summed E-state index contributed by atoms with van der Waals surface area (Å²) in [6, 6.07) is 0. The number of hydrogen-bond donors (Lipinski definition) is 3. The molecule has 2 unspecified atom stereocenters. The summed E-state index contributed by atoms with van der Waals surface area (Å²) in [4.78, 5) is 72.5. The van der Waals surface area contributed by atoms with Gasteiger partial charge in [0, 0.05) is 25.7 Å². The molecule has 0 saturated carbocycles. The molecule has 0 aromatic carbocycles. The molecule has 0 radical (unpaired) electrons. The Labute approximate surface area is 561 Å². The Morgan fingerprint density at radius 2 is 0.587 bits per heavy atom. The van der Waals surface area contributed by atoms with E-state index in [1.165, 1.54) is 128 Å². The predicted octanol–water partition coefficient (Wildman–Crippen LogP) is 20.6. The van der Waals surface area contributed by atoms with Crippen molar-refractivity contribution in [1.82, 2.24) is 0 Å². The number of aliphatic hydroxyl groups is 1. The molecule has 0 bridgehead atoms. The van der Waals surface area contributed by atoms with Gasteiger partial charge in [-0.05, 0) is 69.1 Å². The van der Waals surface area contributed by atoms with Gasteiger partial charge in [0.05, 0.1) is 26.4 Å². The maximum absolute atomic E-state index is 13.0. The van der Waals surface area contributed by atoms with E-state index in [1.807, 2.05) is 0 Å². The molecule has 0 aliphatic carbocycles. The van der Waals surface area contributed by atoms with E-state index in [-0.39, 0.29) is 25.7 Å². The highest BCUT2D eigenvalue weighted by atomic mass is 31.2. The van der Waals surface area contributed by atoms with Gasteiger partial charge in [-0.25, -0.2) is 9.13 Å². The molecule has 0 aliphatic heterocycles. The van der Waals surface area contributed by atoms with Crippen molar-refractivity contribution >= 4 is 39.5 Å². The van der Waals surface area contributed by atoms with Crippen LogP contribution < -0.4 is 0 Å². The molecule has 92 heavy (non-hydrogen) atoms. The van der Waals surface area contributed by atoms with E-state index in [0.717, 1.165) is 121 Å². The average Bonchev–Trinajstić information content (AvgIpc) is 1.81. The van der Waals surface area contributed by atoms with Gasteiger partial charge in [-0.2, -0.15) is 0 Å². The Morgan fingerprint density at radius 1 is 0.337 bits per heavy atom. The lowest BCUT2D eigenvalue weighted by molar-refractivity contribution is -0.161. The molecule has 0 aromatic heterocycles. The number of aliphatic hydroxyl groups excluding tert-OH is 1. The van der Waals surface area contributed by atoms with Crippen molar-refractivity contribution < 1.29 is 80.2 Å². The summed E-state index contributed by atoms with van der Waals surface area (Å²) in [5, 5.41) is 10.6. The van der Waals surface area contributed by atoms with Crippen molar-refractivity contribution in [2.45, 2.75) is 362 Å². The first-order valence-electron chi connectivity index (χ1n) is 37.2. The van der Waals surface area contributed by atoms with Gasteiger partial charge in [0.2, 0.25) is 0 Å². The third-order valence-electron chi connectivity index (χ3n) is 16.3.